The van der Waals surface area contributed by atoms with Gasteiger partial charge in [0.25, 0.3) is 0 Å². The number of imidazole rings is 1. The van der Waals surface area contributed by atoms with Gasteiger partial charge in [0.1, 0.15) is 0 Å². The van der Waals surface area contributed by atoms with Crippen molar-refractivity contribution in [2.75, 3.05) is 5.75 Å². The number of thiophene rings is 1. The van der Waals surface area contributed by atoms with Crippen molar-refractivity contribution in [3.8, 4) is 0 Å². The lowest BCUT2D eigenvalue weighted by atomic mass is 10.2. The number of aryl methyl sites for hydroxylation is 1. The molecule has 96 valence electrons. The van der Waals surface area contributed by atoms with Crippen molar-refractivity contribution in [2.45, 2.75) is 25.0 Å². The smallest absolute Gasteiger partial charge is 0.313 e. The number of hydrogen-bond acceptors (Lipinski definition) is 4. The minimum Gasteiger partial charge on any atom is -0.481 e. The zero-order valence-corrected chi connectivity index (χ0v) is 11.8. The first kappa shape index (κ1) is 13.2. The highest BCUT2D eigenvalue weighted by Crippen LogP contribution is 2.28. The number of aromatic nitrogens is 2. The number of carboxylic acid groups (broad SMARTS) is 1. The normalized spacial score (nSPS) is 12.6. The lowest BCUT2D eigenvalue weighted by Crippen LogP contribution is -2.10. The van der Waals surface area contributed by atoms with Gasteiger partial charge in [0.05, 0.1) is 11.8 Å². The van der Waals surface area contributed by atoms with E-state index in [0.717, 1.165) is 10.9 Å². The Hall–Kier alpha value is -1.27. The van der Waals surface area contributed by atoms with Crippen LogP contribution in [0.25, 0.3) is 0 Å². The summed E-state index contributed by atoms with van der Waals surface area (Å²) in [6, 6.07) is 2.26. The Morgan fingerprint density at radius 3 is 3.06 bits per heavy atom. The van der Waals surface area contributed by atoms with Crippen LogP contribution in [-0.2, 0) is 4.79 Å². The first-order valence-corrected chi connectivity index (χ1v) is 7.43. The van der Waals surface area contributed by atoms with Crippen LogP contribution in [-0.4, -0.2) is 26.4 Å². The second-order valence-electron chi connectivity index (χ2n) is 3.97. The van der Waals surface area contributed by atoms with E-state index in [2.05, 4.69) is 27.9 Å². The summed E-state index contributed by atoms with van der Waals surface area (Å²) in [5, 5.41) is 13.6. The molecule has 1 unspecified atom stereocenters. The molecule has 4 nitrogen and oxygen atoms in total. The van der Waals surface area contributed by atoms with Crippen LogP contribution < -0.4 is 0 Å². The van der Waals surface area contributed by atoms with Crippen LogP contribution in [0, 0.1) is 6.92 Å². The molecule has 2 aromatic heterocycles. The molecule has 2 rings (SSSR count). The third-order valence-electron chi connectivity index (χ3n) is 2.69. The van der Waals surface area contributed by atoms with Gasteiger partial charge in [-0.05, 0) is 36.2 Å². The summed E-state index contributed by atoms with van der Waals surface area (Å²) in [6.45, 7) is 4.09. The average Bonchev–Trinajstić information content (AvgIpc) is 2.94. The summed E-state index contributed by atoms with van der Waals surface area (Å²) >= 11 is 2.92. The average molecular weight is 282 g/mol. The minimum absolute atomic E-state index is 0.0345. The number of carbonyl (C=O) groups is 1. The van der Waals surface area contributed by atoms with E-state index < -0.39 is 5.97 Å². The number of aliphatic carboxylic acids is 1. The standard InChI is InChI=1S/C12H14N2O2S2/c1-8-5-13-12(18-7-11(15)16)14(8)9(2)10-3-4-17-6-10/h3-6,9H,7H2,1-2H3,(H,15,16). The van der Waals surface area contributed by atoms with Gasteiger partial charge < -0.3 is 9.67 Å². The van der Waals surface area contributed by atoms with Gasteiger partial charge >= 0.3 is 5.97 Å². The van der Waals surface area contributed by atoms with Crippen LogP contribution in [0.5, 0.6) is 0 Å². The van der Waals surface area contributed by atoms with Gasteiger partial charge in [0.15, 0.2) is 5.16 Å². The molecule has 0 fully saturated rings. The van der Waals surface area contributed by atoms with Gasteiger partial charge in [-0.15, -0.1) is 0 Å². The Bertz CT molecular complexity index is 534. The van der Waals surface area contributed by atoms with Gasteiger partial charge in [-0.1, -0.05) is 11.8 Å². The Morgan fingerprint density at radius 2 is 2.44 bits per heavy atom. The quantitative estimate of drug-likeness (QED) is 0.856. The lowest BCUT2D eigenvalue weighted by Gasteiger charge is -2.16. The largest absolute Gasteiger partial charge is 0.481 e. The van der Waals surface area contributed by atoms with Crippen molar-refractivity contribution >= 4 is 29.1 Å². The highest BCUT2D eigenvalue weighted by atomic mass is 32.2. The van der Waals surface area contributed by atoms with Crippen molar-refractivity contribution in [3.05, 3.63) is 34.3 Å². The molecule has 1 atom stereocenters. The van der Waals surface area contributed by atoms with Crippen LogP contribution in [0.15, 0.2) is 28.2 Å². The van der Waals surface area contributed by atoms with Crippen molar-refractivity contribution in [3.63, 3.8) is 0 Å². The monoisotopic (exact) mass is 282 g/mol. The summed E-state index contributed by atoms with van der Waals surface area (Å²) in [7, 11) is 0. The van der Waals surface area contributed by atoms with Crippen LogP contribution in [0.3, 0.4) is 0 Å². The Kier molecular flexibility index (Phi) is 4.08. The predicted octanol–water partition coefficient (Wildman–Crippen LogP) is 3.04. The summed E-state index contributed by atoms with van der Waals surface area (Å²) < 4.78 is 2.08. The molecule has 0 amide bonds. The van der Waals surface area contributed by atoms with Crippen molar-refractivity contribution in [1.29, 1.82) is 0 Å². The first-order valence-electron chi connectivity index (χ1n) is 5.50. The maximum absolute atomic E-state index is 10.6. The van der Waals surface area contributed by atoms with Gasteiger partial charge in [-0.3, -0.25) is 4.79 Å². The summed E-state index contributed by atoms with van der Waals surface area (Å²) in [5.74, 6) is -0.789. The number of nitrogens with zero attached hydrogens (tertiary/aromatic N) is 2. The molecule has 0 aliphatic heterocycles. The molecule has 0 spiro atoms. The highest BCUT2D eigenvalue weighted by Gasteiger charge is 2.16. The van der Waals surface area contributed by atoms with Crippen LogP contribution in [0.4, 0.5) is 0 Å². The van der Waals surface area contributed by atoms with Gasteiger partial charge in [0.2, 0.25) is 0 Å². The maximum atomic E-state index is 10.6. The topological polar surface area (TPSA) is 55.1 Å². The van der Waals surface area contributed by atoms with Gasteiger partial charge in [-0.25, -0.2) is 4.98 Å². The molecule has 0 aliphatic carbocycles. The van der Waals surface area contributed by atoms with E-state index in [4.69, 9.17) is 5.11 Å². The number of carboxylic acids is 1. The van der Waals surface area contributed by atoms with Crippen molar-refractivity contribution in [2.24, 2.45) is 0 Å². The second kappa shape index (κ2) is 5.58. The first-order chi connectivity index (χ1) is 8.59. The Balaban J connectivity index is 2.26. The lowest BCUT2D eigenvalue weighted by molar-refractivity contribution is -0.133. The van der Waals surface area contributed by atoms with E-state index >= 15 is 0 Å². The summed E-state index contributed by atoms with van der Waals surface area (Å²) in [4.78, 5) is 14.9. The molecule has 0 saturated carbocycles. The highest BCUT2D eigenvalue weighted by molar-refractivity contribution is 7.99. The van der Waals surface area contributed by atoms with E-state index in [-0.39, 0.29) is 11.8 Å². The van der Waals surface area contributed by atoms with E-state index in [1.54, 1.807) is 17.5 Å². The molecule has 0 aromatic carbocycles. The fourth-order valence-electron chi connectivity index (χ4n) is 1.79. The van der Waals surface area contributed by atoms with Gasteiger partial charge in [0, 0.05) is 11.9 Å². The molecule has 2 heterocycles. The van der Waals surface area contributed by atoms with E-state index in [0.29, 0.717) is 0 Å². The minimum atomic E-state index is -0.824. The summed E-state index contributed by atoms with van der Waals surface area (Å²) in [5.41, 5.74) is 2.26. The molecular formula is C12H14N2O2S2. The van der Waals surface area contributed by atoms with Gasteiger partial charge in [-0.2, -0.15) is 11.3 Å². The third kappa shape index (κ3) is 2.76. The zero-order chi connectivity index (χ0) is 13.1. The van der Waals surface area contributed by atoms with E-state index in [1.165, 1.54) is 17.3 Å². The molecule has 6 heteroatoms. The SMILES string of the molecule is Cc1cnc(SCC(=O)O)n1C(C)c1ccsc1. The molecule has 18 heavy (non-hydrogen) atoms. The van der Waals surface area contributed by atoms with Crippen molar-refractivity contribution < 1.29 is 9.90 Å². The van der Waals surface area contributed by atoms with Crippen molar-refractivity contribution in [1.82, 2.24) is 9.55 Å². The zero-order valence-electron chi connectivity index (χ0n) is 10.2. The second-order valence-corrected chi connectivity index (χ2v) is 5.69. The molecule has 2 aromatic rings. The molecule has 1 N–H and O–H groups in total. The number of hydrogen-bond donors (Lipinski definition) is 1. The Morgan fingerprint density at radius 1 is 1.67 bits per heavy atom. The van der Waals surface area contributed by atoms with Crippen LogP contribution in [0.2, 0.25) is 0 Å². The van der Waals surface area contributed by atoms with Crippen LogP contribution >= 0.6 is 23.1 Å². The maximum Gasteiger partial charge on any atom is 0.313 e. The van der Waals surface area contributed by atoms with Crippen LogP contribution in [0.1, 0.15) is 24.2 Å². The van der Waals surface area contributed by atoms with E-state index in [1.807, 2.05) is 12.3 Å². The number of thioether (sulfide) groups is 1. The molecule has 0 radical (unpaired) electrons. The fraction of sp³-hybridized carbons (Fsp3) is 0.333. The Labute approximate surface area is 114 Å². The third-order valence-corrected chi connectivity index (χ3v) is 4.34. The summed E-state index contributed by atoms with van der Waals surface area (Å²) in [6.07, 6.45) is 1.78. The molecule has 0 bridgehead atoms. The molecule has 0 saturated heterocycles. The molecule has 0 aliphatic rings. The molecular weight excluding hydrogens is 268 g/mol. The fourth-order valence-corrected chi connectivity index (χ4v) is 3.36. The number of rotatable bonds is 5. The predicted molar refractivity (Wildman–Crippen MR) is 73.5 cm³/mol. The van der Waals surface area contributed by atoms with E-state index in [9.17, 15) is 4.79 Å².